The highest BCUT2D eigenvalue weighted by molar-refractivity contribution is 5.98. The number of benzene rings is 1. The molecule has 0 atom stereocenters. The number of para-hydroxylation sites is 1. The van der Waals surface area contributed by atoms with Crippen LogP contribution in [0.25, 0.3) is 22.0 Å². The quantitative estimate of drug-likeness (QED) is 0.328. The zero-order valence-electron chi connectivity index (χ0n) is 18.0. The first-order chi connectivity index (χ1) is 14.9. The van der Waals surface area contributed by atoms with E-state index >= 15 is 0 Å². The van der Waals surface area contributed by atoms with Gasteiger partial charge in [0, 0.05) is 47.1 Å². The highest BCUT2D eigenvalue weighted by atomic mass is 16.5. The van der Waals surface area contributed by atoms with Crippen LogP contribution in [0.3, 0.4) is 0 Å². The number of ether oxygens (including phenoxy) is 1. The van der Waals surface area contributed by atoms with E-state index < -0.39 is 5.97 Å². The standard InChI is InChI=1S/C25H27N2O4/c1-25(2)20-15-26(11-6-14-31-17-28)13-10-18(20)24-19-7-3-4-8-22(19)27(16-21(24)25)12-5-9-23(29)30/h3-4,7-8,10,13,15-17H,5-6,9,11-12,14H2,1-2H3/q+1/p+1. The molecule has 0 aliphatic heterocycles. The Hall–Kier alpha value is -3.28. The maximum absolute atomic E-state index is 11.0. The fourth-order valence-electron chi connectivity index (χ4n) is 4.64. The topological polar surface area (TPSA) is 71.4 Å². The van der Waals surface area contributed by atoms with Crippen molar-refractivity contribution in [2.45, 2.75) is 51.6 Å². The van der Waals surface area contributed by atoms with E-state index in [9.17, 15) is 9.59 Å². The average Bonchev–Trinajstić information content (AvgIpc) is 2.98. The first-order valence-corrected chi connectivity index (χ1v) is 10.7. The first kappa shape index (κ1) is 21.0. The highest BCUT2D eigenvalue weighted by Gasteiger charge is 2.41. The van der Waals surface area contributed by atoms with Crippen molar-refractivity contribution >= 4 is 23.3 Å². The van der Waals surface area contributed by atoms with Crippen LogP contribution in [0, 0.1) is 0 Å². The molecular weight excluding hydrogens is 392 g/mol. The van der Waals surface area contributed by atoms with Crippen LogP contribution in [0.4, 0.5) is 0 Å². The molecule has 1 aromatic carbocycles. The molecule has 0 saturated carbocycles. The van der Waals surface area contributed by atoms with Gasteiger partial charge in [0.05, 0.1) is 18.4 Å². The third-order valence-electron chi connectivity index (χ3n) is 6.21. The molecule has 0 fully saturated rings. The minimum atomic E-state index is -0.762. The smallest absolute Gasteiger partial charge is 0.303 e. The number of nitrogens with zero attached hydrogens (tertiary/aromatic N) is 2. The van der Waals surface area contributed by atoms with Gasteiger partial charge in [-0.05, 0) is 11.6 Å². The summed E-state index contributed by atoms with van der Waals surface area (Å²) in [6.07, 6.45) is 8.03. The summed E-state index contributed by atoms with van der Waals surface area (Å²) in [4.78, 5) is 21.4. The summed E-state index contributed by atoms with van der Waals surface area (Å²) in [5.41, 5.74) is 5.99. The normalized spacial score (nSPS) is 13.6. The molecule has 6 heteroatoms. The van der Waals surface area contributed by atoms with E-state index in [2.05, 4.69) is 65.8 Å². The van der Waals surface area contributed by atoms with Crippen LogP contribution in [0.5, 0.6) is 0 Å². The maximum Gasteiger partial charge on any atom is 0.303 e. The number of carbonyl (C=O) groups is 2. The van der Waals surface area contributed by atoms with Gasteiger partial charge < -0.3 is 9.84 Å². The van der Waals surface area contributed by atoms with E-state index in [1.165, 1.54) is 27.6 Å². The number of hydrogen-bond acceptors (Lipinski definition) is 3. The van der Waals surface area contributed by atoms with Gasteiger partial charge in [-0.25, -0.2) is 4.57 Å². The van der Waals surface area contributed by atoms with Gasteiger partial charge in [-0.3, -0.25) is 9.59 Å². The van der Waals surface area contributed by atoms with Crippen molar-refractivity contribution in [3.63, 3.8) is 0 Å². The molecule has 3 aromatic rings. The lowest BCUT2D eigenvalue weighted by atomic mass is 9.83. The number of carboxylic acid groups (broad SMARTS) is 1. The molecule has 0 amide bonds. The van der Waals surface area contributed by atoms with Gasteiger partial charge in [-0.1, -0.05) is 26.0 Å². The van der Waals surface area contributed by atoms with Gasteiger partial charge in [-0.15, -0.1) is 0 Å². The van der Waals surface area contributed by atoms with Crippen LogP contribution >= 0.6 is 0 Å². The van der Waals surface area contributed by atoms with E-state index in [1.54, 1.807) is 0 Å². The van der Waals surface area contributed by atoms with Crippen molar-refractivity contribution in [2.75, 3.05) is 6.61 Å². The van der Waals surface area contributed by atoms with Crippen molar-refractivity contribution in [2.24, 2.45) is 0 Å². The molecule has 6 nitrogen and oxygen atoms in total. The second-order valence-electron chi connectivity index (χ2n) is 8.58. The van der Waals surface area contributed by atoms with Gasteiger partial charge in [-0.2, -0.15) is 4.57 Å². The van der Waals surface area contributed by atoms with Crippen molar-refractivity contribution in [3.05, 3.63) is 60.0 Å². The molecule has 0 bridgehead atoms. The van der Waals surface area contributed by atoms with Crippen molar-refractivity contribution < 1.29 is 28.6 Å². The third kappa shape index (κ3) is 3.90. The molecule has 31 heavy (non-hydrogen) atoms. The van der Waals surface area contributed by atoms with Crippen molar-refractivity contribution in [3.8, 4) is 11.1 Å². The minimum absolute atomic E-state index is 0.163. The van der Waals surface area contributed by atoms with Gasteiger partial charge >= 0.3 is 5.97 Å². The lowest BCUT2D eigenvalue weighted by molar-refractivity contribution is -0.697. The number of fused-ring (bicyclic) bond motifs is 5. The van der Waals surface area contributed by atoms with Crippen LogP contribution in [-0.4, -0.2) is 24.2 Å². The van der Waals surface area contributed by atoms with E-state index in [4.69, 9.17) is 9.84 Å². The van der Waals surface area contributed by atoms with Crippen LogP contribution in [0.2, 0.25) is 0 Å². The summed E-state index contributed by atoms with van der Waals surface area (Å²) in [5, 5.41) is 10.2. The monoisotopic (exact) mass is 420 g/mol. The van der Waals surface area contributed by atoms with Crippen LogP contribution in [-0.2, 0) is 32.8 Å². The van der Waals surface area contributed by atoms with Crippen LogP contribution in [0.1, 0.15) is 44.2 Å². The molecule has 1 aliphatic carbocycles. The van der Waals surface area contributed by atoms with E-state index in [-0.39, 0.29) is 11.8 Å². The molecule has 2 heterocycles. The summed E-state index contributed by atoms with van der Waals surface area (Å²) in [6.45, 7) is 6.84. The molecule has 0 radical (unpaired) electrons. The third-order valence-corrected chi connectivity index (χ3v) is 6.21. The van der Waals surface area contributed by atoms with E-state index in [0.29, 0.717) is 26.0 Å². The Morgan fingerprint density at radius 2 is 1.90 bits per heavy atom. The summed E-state index contributed by atoms with van der Waals surface area (Å²) in [6, 6.07) is 10.5. The fraction of sp³-hybridized carbons (Fsp3) is 0.360. The molecule has 0 unspecified atom stereocenters. The van der Waals surface area contributed by atoms with Crippen LogP contribution in [0.15, 0.2) is 48.9 Å². The Kier molecular flexibility index (Phi) is 5.72. The lowest BCUT2D eigenvalue weighted by Crippen LogP contribution is -2.37. The summed E-state index contributed by atoms with van der Waals surface area (Å²) in [7, 11) is 0. The Morgan fingerprint density at radius 3 is 2.68 bits per heavy atom. The second kappa shape index (κ2) is 8.46. The highest BCUT2D eigenvalue weighted by Crippen LogP contribution is 2.49. The van der Waals surface area contributed by atoms with Gasteiger partial charge in [0.25, 0.3) is 6.47 Å². The number of rotatable bonds is 9. The minimum Gasteiger partial charge on any atom is -0.481 e. The Morgan fingerprint density at radius 1 is 1.10 bits per heavy atom. The summed E-state index contributed by atoms with van der Waals surface area (Å²) >= 11 is 0. The predicted octanol–water partition coefficient (Wildman–Crippen LogP) is 3.15. The number of aromatic nitrogens is 2. The average molecular weight is 421 g/mol. The Labute approximate surface area is 181 Å². The van der Waals surface area contributed by atoms with E-state index in [1.807, 2.05) is 6.07 Å². The number of hydrogen-bond donors (Lipinski definition) is 1. The summed E-state index contributed by atoms with van der Waals surface area (Å²) < 4.78 is 9.17. The number of carbonyl (C=O) groups excluding carboxylic acids is 1. The molecule has 0 saturated heterocycles. The molecule has 1 N–H and O–H groups in total. The first-order valence-electron chi connectivity index (χ1n) is 10.7. The largest absolute Gasteiger partial charge is 0.481 e. The fourth-order valence-corrected chi connectivity index (χ4v) is 4.64. The van der Waals surface area contributed by atoms with Gasteiger partial charge in [0.2, 0.25) is 5.52 Å². The Balaban J connectivity index is 1.76. The Bertz CT molecular complexity index is 1150. The van der Waals surface area contributed by atoms with E-state index in [0.717, 1.165) is 18.5 Å². The molecule has 160 valence electrons. The molecule has 0 spiro atoms. The lowest BCUT2D eigenvalue weighted by Gasteiger charge is -2.19. The number of carboxylic acids is 1. The zero-order chi connectivity index (χ0) is 22.0. The van der Waals surface area contributed by atoms with Gasteiger partial charge in [0.15, 0.2) is 25.1 Å². The molecule has 4 rings (SSSR count). The molecule has 2 aromatic heterocycles. The molecular formula is C25H28N2O4+2. The maximum atomic E-state index is 11.0. The van der Waals surface area contributed by atoms with Gasteiger partial charge in [0.1, 0.15) is 6.54 Å². The second-order valence-corrected chi connectivity index (χ2v) is 8.58. The number of aliphatic carboxylic acids is 1. The summed E-state index contributed by atoms with van der Waals surface area (Å²) in [5.74, 6) is -0.762. The van der Waals surface area contributed by atoms with Crippen LogP contribution < -0.4 is 9.13 Å². The van der Waals surface area contributed by atoms with Crippen molar-refractivity contribution in [1.29, 1.82) is 0 Å². The molecule has 1 aliphatic rings. The SMILES string of the molecule is CC1(C)c2c[n+](CCCOC=O)ccc2-c2c1c[n+](CCCC(=O)O)c1ccccc21. The predicted molar refractivity (Wildman–Crippen MR) is 115 cm³/mol. The zero-order valence-corrected chi connectivity index (χ0v) is 18.0. The number of pyridine rings is 2. The number of aryl methyl sites for hydroxylation is 2. The van der Waals surface area contributed by atoms with Crippen molar-refractivity contribution in [1.82, 2.24) is 0 Å².